The molecule has 3 aliphatic rings. The Labute approximate surface area is 244 Å². The van der Waals surface area contributed by atoms with Crippen LogP contribution in [0.2, 0.25) is 0 Å². The fourth-order valence-corrected chi connectivity index (χ4v) is 6.75. The summed E-state index contributed by atoms with van der Waals surface area (Å²) in [5, 5.41) is 5.42. The van der Waals surface area contributed by atoms with E-state index >= 15 is 0 Å². The molecule has 3 fully saturated rings. The van der Waals surface area contributed by atoms with Crippen LogP contribution in [0.5, 0.6) is 0 Å². The predicted molar refractivity (Wildman–Crippen MR) is 151 cm³/mol. The third-order valence-corrected chi connectivity index (χ3v) is 9.01. The number of hydrogen-bond acceptors (Lipinski definition) is 5. The first-order valence-electron chi connectivity index (χ1n) is 15.0. The largest absolute Gasteiger partial charge is 0.344 e. The Morgan fingerprint density at radius 2 is 1.67 bits per heavy atom. The zero-order valence-corrected chi connectivity index (χ0v) is 23.6. The fourth-order valence-electron chi connectivity index (χ4n) is 6.75. The first-order chi connectivity index (χ1) is 20.2. The Morgan fingerprint density at radius 1 is 0.952 bits per heavy atom. The second-order valence-corrected chi connectivity index (χ2v) is 11.9. The van der Waals surface area contributed by atoms with Crippen molar-refractivity contribution in [3.8, 4) is 0 Å². The molecule has 8 nitrogen and oxygen atoms in total. The number of carbonyl (C=O) groups excluding carboxylic acids is 4. The van der Waals surface area contributed by atoms with Gasteiger partial charge in [-0.25, -0.2) is 8.78 Å². The van der Waals surface area contributed by atoms with Crippen molar-refractivity contribution >= 4 is 23.5 Å². The van der Waals surface area contributed by atoms with Crippen LogP contribution in [0.4, 0.5) is 8.78 Å². The maximum absolute atomic E-state index is 13.9. The van der Waals surface area contributed by atoms with Gasteiger partial charge in [0.2, 0.25) is 23.5 Å². The smallest absolute Gasteiger partial charge is 0.289 e. The van der Waals surface area contributed by atoms with Crippen LogP contribution < -0.4 is 10.6 Å². The highest BCUT2D eigenvalue weighted by molar-refractivity contribution is 6.38. The number of nitrogens with zero attached hydrogens (tertiary/aromatic N) is 2. The Kier molecular flexibility index (Phi) is 9.28. The number of nitrogens with one attached hydrogen (secondary N) is 2. The zero-order chi connectivity index (χ0) is 29.7. The number of hydrogen-bond donors (Lipinski definition) is 2. The van der Waals surface area contributed by atoms with E-state index < -0.39 is 41.5 Å². The highest BCUT2D eigenvalue weighted by atomic mass is 19.3. The van der Waals surface area contributed by atoms with Gasteiger partial charge in [-0.1, -0.05) is 49.2 Å². The van der Waals surface area contributed by atoms with Gasteiger partial charge in [0, 0.05) is 37.4 Å². The molecule has 0 radical (unpaired) electrons. The lowest BCUT2D eigenvalue weighted by molar-refractivity contribution is -0.148. The van der Waals surface area contributed by atoms with Gasteiger partial charge in [-0.15, -0.1) is 0 Å². The number of Topliss-reactive ketones (excluding diaryl/α,β-unsaturated/α-hetero) is 1. The Balaban J connectivity index is 1.33. The van der Waals surface area contributed by atoms with Gasteiger partial charge in [0.15, 0.2) is 0 Å². The van der Waals surface area contributed by atoms with Gasteiger partial charge in [0.25, 0.3) is 5.91 Å². The Morgan fingerprint density at radius 3 is 2.38 bits per heavy atom. The summed E-state index contributed by atoms with van der Waals surface area (Å²) >= 11 is 0. The van der Waals surface area contributed by atoms with E-state index in [1.54, 1.807) is 29.3 Å². The number of fused-ring (bicyclic) bond motifs is 1. The Hall–Kier alpha value is -3.69. The summed E-state index contributed by atoms with van der Waals surface area (Å²) < 4.78 is 27.7. The summed E-state index contributed by atoms with van der Waals surface area (Å²) in [6, 6.07) is 12.3. The summed E-state index contributed by atoms with van der Waals surface area (Å²) in [6.07, 6.45) is 5.30. The summed E-state index contributed by atoms with van der Waals surface area (Å²) in [5.74, 6) is -5.49. The Bertz CT molecular complexity index is 1270. The third kappa shape index (κ3) is 7.02. The van der Waals surface area contributed by atoms with E-state index in [1.807, 2.05) is 30.3 Å². The molecular formula is C32H38F2N4O4. The fraction of sp³-hybridized carbons (Fsp3) is 0.531. The molecule has 224 valence electrons. The lowest BCUT2D eigenvalue weighted by Crippen LogP contribution is -2.56. The normalized spacial score (nSPS) is 24.3. The first-order valence-corrected chi connectivity index (χ1v) is 15.0. The van der Waals surface area contributed by atoms with Crippen LogP contribution in [0.25, 0.3) is 0 Å². The van der Waals surface area contributed by atoms with Crippen LogP contribution >= 0.6 is 0 Å². The van der Waals surface area contributed by atoms with E-state index in [0.29, 0.717) is 12.1 Å². The summed E-state index contributed by atoms with van der Waals surface area (Å²) in [6.45, 7) is 0.0616. The van der Waals surface area contributed by atoms with Crippen LogP contribution in [0.15, 0.2) is 54.7 Å². The van der Waals surface area contributed by atoms with E-state index in [4.69, 9.17) is 0 Å². The van der Waals surface area contributed by atoms with Crippen LogP contribution in [-0.2, 0) is 32.1 Å². The predicted octanol–water partition coefficient (Wildman–Crippen LogP) is 3.98. The highest BCUT2D eigenvalue weighted by Crippen LogP contribution is 2.43. The average Bonchev–Trinajstić information content (AvgIpc) is 3.40. The van der Waals surface area contributed by atoms with Gasteiger partial charge in [-0.05, 0) is 55.7 Å². The molecule has 3 amide bonds. The van der Waals surface area contributed by atoms with Crippen molar-refractivity contribution in [2.45, 2.75) is 94.8 Å². The van der Waals surface area contributed by atoms with Gasteiger partial charge in [0.05, 0.1) is 12.2 Å². The molecule has 42 heavy (non-hydrogen) atoms. The molecule has 2 N–H and O–H groups in total. The minimum Gasteiger partial charge on any atom is -0.344 e. The first kappa shape index (κ1) is 29.8. The van der Waals surface area contributed by atoms with Crippen molar-refractivity contribution in [1.82, 2.24) is 20.5 Å². The number of rotatable bonds is 9. The molecule has 0 spiro atoms. The number of carbonyl (C=O) groups is 4. The van der Waals surface area contributed by atoms with Crippen molar-refractivity contribution in [2.24, 2.45) is 11.8 Å². The lowest BCUT2D eigenvalue weighted by Gasteiger charge is -2.38. The highest BCUT2D eigenvalue weighted by Gasteiger charge is 2.50. The topological polar surface area (TPSA) is 108 Å². The van der Waals surface area contributed by atoms with Gasteiger partial charge in [0.1, 0.15) is 12.1 Å². The molecule has 2 heterocycles. The number of benzene rings is 1. The minimum absolute atomic E-state index is 0.0616. The van der Waals surface area contributed by atoms with Crippen LogP contribution in [0.1, 0.15) is 69.0 Å². The lowest BCUT2D eigenvalue weighted by atomic mass is 9.83. The van der Waals surface area contributed by atoms with E-state index in [-0.39, 0.29) is 56.5 Å². The number of aromatic nitrogens is 1. The number of amides is 3. The van der Waals surface area contributed by atoms with Crippen molar-refractivity contribution in [3.63, 3.8) is 0 Å². The average molecular weight is 581 g/mol. The second-order valence-electron chi connectivity index (χ2n) is 11.9. The van der Waals surface area contributed by atoms with Gasteiger partial charge < -0.3 is 15.5 Å². The zero-order valence-electron chi connectivity index (χ0n) is 23.6. The molecule has 1 aromatic heterocycles. The summed E-state index contributed by atoms with van der Waals surface area (Å²) in [7, 11) is 0. The van der Waals surface area contributed by atoms with Crippen LogP contribution in [0, 0.1) is 11.8 Å². The maximum atomic E-state index is 13.9. The number of halogens is 2. The number of likely N-dealkylation sites (tertiary alicyclic amines) is 1. The summed E-state index contributed by atoms with van der Waals surface area (Å²) in [4.78, 5) is 59.8. The van der Waals surface area contributed by atoms with Crippen molar-refractivity contribution < 1.29 is 28.0 Å². The van der Waals surface area contributed by atoms with Gasteiger partial charge in [-0.2, -0.15) is 0 Å². The molecule has 2 aromatic rings. The monoisotopic (exact) mass is 580 g/mol. The second kappa shape index (κ2) is 13.1. The minimum atomic E-state index is -2.76. The molecule has 1 saturated heterocycles. The third-order valence-electron chi connectivity index (χ3n) is 9.01. The number of alkyl halides is 2. The molecule has 0 unspecified atom stereocenters. The molecule has 1 aliphatic heterocycles. The van der Waals surface area contributed by atoms with Gasteiger partial charge in [-0.3, -0.25) is 24.2 Å². The molecule has 10 heteroatoms. The maximum Gasteiger partial charge on any atom is 0.289 e. The van der Waals surface area contributed by atoms with Crippen molar-refractivity contribution in [3.05, 3.63) is 66.0 Å². The molecule has 5 rings (SSSR count). The van der Waals surface area contributed by atoms with E-state index in [0.717, 1.165) is 31.2 Å². The van der Waals surface area contributed by atoms with Crippen molar-refractivity contribution in [2.75, 3.05) is 0 Å². The van der Waals surface area contributed by atoms with Crippen LogP contribution in [0.3, 0.4) is 0 Å². The molecular weight excluding hydrogens is 542 g/mol. The number of ketones is 1. The van der Waals surface area contributed by atoms with Crippen LogP contribution in [-0.4, -0.2) is 57.4 Å². The van der Waals surface area contributed by atoms with E-state index in [2.05, 4.69) is 15.6 Å². The quantitative estimate of drug-likeness (QED) is 0.437. The number of pyridine rings is 1. The molecule has 1 aromatic carbocycles. The molecule has 2 aliphatic carbocycles. The SMILES string of the molecule is O=C(NCc1ccccn1)C(=O)[C@@H](Cc1ccccc1)NC(=O)[C@H]1C[C@@H]2CCCC[C@@H]2N1C(=O)C1CCC(F)(F)CC1. The molecule has 4 atom stereocenters. The molecule has 0 bridgehead atoms. The van der Waals surface area contributed by atoms with E-state index in [1.165, 1.54) is 0 Å². The summed E-state index contributed by atoms with van der Waals surface area (Å²) in [5.41, 5.74) is 1.36. The van der Waals surface area contributed by atoms with Gasteiger partial charge >= 0.3 is 0 Å². The van der Waals surface area contributed by atoms with E-state index in [9.17, 15) is 28.0 Å². The van der Waals surface area contributed by atoms with Crippen molar-refractivity contribution in [1.29, 1.82) is 0 Å². The molecule has 2 saturated carbocycles. The standard InChI is InChI=1S/C32H38F2N4O4/c33-32(34)15-13-22(14-16-32)31(42)38-26-12-5-4-10-23(26)19-27(38)29(40)37-25(18-21-8-2-1-3-9-21)28(39)30(41)36-20-24-11-6-7-17-35-24/h1-3,6-9,11,17,22-23,25-27H,4-5,10,12-16,18-20H2,(H,36,41)(H,37,40)/t23-,25+,26-,27+/m0/s1.